The Morgan fingerprint density at radius 1 is 1.50 bits per heavy atom. The molecule has 2 nitrogen and oxygen atoms in total. The average molecular weight is 216 g/mol. The maximum Gasteiger partial charge on any atom is 0.142 e. The first-order valence-corrected chi connectivity index (χ1v) is 4.94. The summed E-state index contributed by atoms with van der Waals surface area (Å²) in [5.41, 5.74) is 0.795. The van der Waals surface area contributed by atoms with Gasteiger partial charge in [0.2, 0.25) is 0 Å². The molecule has 0 aliphatic carbocycles. The van der Waals surface area contributed by atoms with Gasteiger partial charge >= 0.3 is 0 Å². The van der Waals surface area contributed by atoms with Crippen LogP contribution in [0.4, 0.5) is 4.39 Å². The van der Waals surface area contributed by atoms with Crippen molar-refractivity contribution in [2.45, 2.75) is 12.3 Å². The summed E-state index contributed by atoms with van der Waals surface area (Å²) in [6.45, 7) is 1.15. The highest BCUT2D eigenvalue weighted by Crippen LogP contribution is 2.32. The molecule has 1 aliphatic heterocycles. The molecule has 0 aromatic heterocycles. The highest BCUT2D eigenvalue weighted by atomic mass is 35.5. The monoisotopic (exact) mass is 215 g/mol. The van der Waals surface area contributed by atoms with Crippen molar-refractivity contribution in [3.63, 3.8) is 0 Å². The van der Waals surface area contributed by atoms with E-state index in [0.717, 1.165) is 12.0 Å². The van der Waals surface area contributed by atoms with E-state index < -0.39 is 0 Å². The molecule has 4 heteroatoms. The van der Waals surface area contributed by atoms with Gasteiger partial charge in [-0.15, -0.1) is 0 Å². The van der Waals surface area contributed by atoms with Gasteiger partial charge in [-0.05, 0) is 18.1 Å². The van der Waals surface area contributed by atoms with Crippen molar-refractivity contribution in [2.24, 2.45) is 0 Å². The minimum atomic E-state index is -0.388. The molecule has 14 heavy (non-hydrogen) atoms. The summed E-state index contributed by atoms with van der Waals surface area (Å²) in [6, 6.07) is 4.81. The van der Waals surface area contributed by atoms with E-state index in [2.05, 4.69) is 0 Å². The van der Waals surface area contributed by atoms with Crippen LogP contribution >= 0.6 is 11.6 Å². The standard InChI is InChI=1S/C10H11ClFNO/c11-10-8(2-1-3-9(10)12)7-4-5-13(14)6-7/h1-3,7,14H,4-6H2. The van der Waals surface area contributed by atoms with Crippen molar-refractivity contribution in [1.82, 2.24) is 5.06 Å². The molecule has 1 saturated heterocycles. The first-order valence-electron chi connectivity index (χ1n) is 4.56. The van der Waals surface area contributed by atoms with Crippen LogP contribution < -0.4 is 0 Å². The maximum atomic E-state index is 13.1. The van der Waals surface area contributed by atoms with Gasteiger partial charge in [0.1, 0.15) is 5.82 Å². The smallest absolute Gasteiger partial charge is 0.142 e. The summed E-state index contributed by atoms with van der Waals surface area (Å²) in [7, 11) is 0. The molecule has 1 N–H and O–H groups in total. The van der Waals surface area contributed by atoms with Crippen molar-refractivity contribution in [2.75, 3.05) is 13.1 Å². The quantitative estimate of drug-likeness (QED) is 0.779. The van der Waals surface area contributed by atoms with Gasteiger partial charge in [-0.3, -0.25) is 0 Å². The van der Waals surface area contributed by atoms with Gasteiger partial charge in [0.25, 0.3) is 0 Å². The van der Waals surface area contributed by atoms with Crippen LogP contribution in [0.3, 0.4) is 0 Å². The van der Waals surface area contributed by atoms with E-state index in [-0.39, 0.29) is 16.8 Å². The van der Waals surface area contributed by atoms with E-state index in [1.165, 1.54) is 11.1 Å². The van der Waals surface area contributed by atoms with E-state index in [4.69, 9.17) is 11.6 Å². The van der Waals surface area contributed by atoms with Gasteiger partial charge < -0.3 is 5.21 Å². The summed E-state index contributed by atoms with van der Waals surface area (Å²) in [5, 5.41) is 10.6. The second-order valence-electron chi connectivity index (χ2n) is 3.54. The van der Waals surface area contributed by atoms with Crippen molar-refractivity contribution < 1.29 is 9.60 Å². The molecule has 1 atom stereocenters. The molecule has 1 fully saturated rings. The fourth-order valence-corrected chi connectivity index (χ4v) is 2.11. The Bertz CT molecular complexity index is 345. The van der Waals surface area contributed by atoms with E-state index in [1.807, 2.05) is 6.07 Å². The van der Waals surface area contributed by atoms with Crippen LogP contribution in [0, 0.1) is 5.82 Å². The number of nitrogens with zero attached hydrogens (tertiary/aromatic N) is 1. The van der Waals surface area contributed by atoms with Gasteiger partial charge in [-0.1, -0.05) is 23.7 Å². The fourth-order valence-electron chi connectivity index (χ4n) is 1.83. The second-order valence-corrected chi connectivity index (χ2v) is 3.92. The zero-order valence-corrected chi connectivity index (χ0v) is 8.34. The lowest BCUT2D eigenvalue weighted by Crippen LogP contribution is -2.14. The molecule has 1 aromatic rings. The minimum absolute atomic E-state index is 0.142. The first kappa shape index (κ1) is 9.90. The van der Waals surface area contributed by atoms with E-state index in [0.29, 0.717) is 13.1 Å². The Morgan fingerprint density at radius 2 is 2.29 bits per heavy atom. The highest BCUT2D eigenvalue weighted by molar-refractivity contribution is 6.31. The molecule has 0 bridgehead atoms. The zero-order chi connectivity index (χ0) is 10.1. The Morgan fingerprint density at radius 3 is 2.93 bits per heavy atom. The molecule has 0 amide bonds. The normalized spacial score (nSPS) is 22.9. The number of benzene rings is 1. The predicted octanol–water partition coefficient (Wildman–Crippen LogP) is 2.66. The van der Waals surface area contributed by atoms with Crippen LogP contribution in [-0.2, 0) is 0 Å². The lowest BCUT2D eigenvalue weighted by Gasteiger charge is -2.11. The molecule has 1 aromatic carbocycles. The van der Waals surface area contributed by atoms with Crippen LogP contribution in [0.5, 0.6) is 0 Å². The Hall–Kier alpha value is -0.640. The SMILES string of the molecule is ON1CCC(c2cccc(F)c2Cl)C1. The number of halogens is 2. The second kappa shape index (κ2) is 3.85. The Balaban J connectivity index is 2.28. The molecule has 2 rings (SSSR count). The van der Waals surface area contributed by atoms with E-state index in [9.17, 15) is 9.60 Å². The van der Waals surface area contributed by atoms with Gasteiger partial charge in [0, 0.05) is 19.0 Å². The summed E-state index contributed by atoms with van der Waals surface area (Å²) in [6.07, 6.45) is 0.819. The number of hydroxylamine groups is 2. The lowest BCUT2D eigenvalue weighted by atomic mass is 9.98. The zero-order valence-electron chi connectivity index (χ0n) is 7.58. The molecular formula is C10H11ClFNO. The van der Waals surface area contributed by atoms with Crippen LogP contribution in [-0.4, -0.2) is 23.4 Å². The van der Waals surface area contributed by atoms with Crippen LogP contribution in [0.15, 0.2) is 18.2 Å². The van der Waals surface area contributed by atoms with Gasteiger partial charge in [0.05, 0.1) is 5.02 Å². The topological polar surface area (TPSA) is 23.5 Å². The molecule has 0 radical (unpaired) electrons. The average Bonchev–Trinajstić information content (AvgIpc) is 2.57. The largest absolute Gasteiger partial charge is 0.314 e. The van der Waals surface area contributed by atoms with Crippen molar-refractivity contribution in [3.05, 3.63) is 34.6 Å². The van der Waals surface area contributed by atoms with Crippen molar-refractivity contribution >= 4 is 11.6 Å². The third-order valence-corrected chi connectivity index (χ3v) is 2.99. The van der Waals surface area contributed by atoms with E-state index in [1.54, 1.807) is 6.07 Å². The number of hydrogen-bond acceptors (Lipinski definition) is 2. The first-order chi connectivity index (χ1) is 6.68. The van der Waals surface area contributed by atoms with Gasteiger partial charge in [-0.2, -0.15) is 5.06 Å². The molecular weight excluding hydrogens is 205 g/mol. The van der Waals surface area contributed by atoms with Crippen molar-refractivity contribution in [1.29, 1.82) is 0 Å². The number of rotatable bonds is 1. The molecule has 1 heterocycles. The maximum absolute atomic E-state index is 13.1. The van der Waals surface area contributed by atoms with Crippen molar-refractivity contribution in [3.8, 4) is 0 Å². The van der Waals surface area contributed by atoms with Gasteiger partial charge in [0.15, 0.2) is 0 Å². The van der Waals surface area contributed by atoms with Gasteiger partial charge in [-0.25, -0.2) is 4.39 Å². The van der Waals surface area contributed by atoms with E-state index >= 15 is 0 Å². The fraction of sp³-hybridized carbons (Fsp3) is 0.400. The molecule has 1 aliphatic rings. The minimum Gasteiger partial charge on any atom is -0.314 e. The molecule has 76 valence electrons. The summed E-state index contributed by atoms with van der Waals surface area (Å²) in [4.78, 5) is 0. The summed E-state index contributed by atoms with van der Waals surface area (Å²) >= 11 is 5.85. The lowest BCUT2D eigenvalue weighted by molar-refractivity contribution is -0.0691. The summed E-state index contributed by atoms with van der Waals surface area (Å²) in [5.74, 6) is -0.247. The third-order valence-electron chi connectivity index (χ3n) is 2.59. The highest BCUT2D eigenvalue weighted by Gasteiger charge is 2.25. The molecule has 0 spiro atoms. The number of hydrogen-bond donors (Lipinski definition) is 1. The summed E-state index contributed by atoms with van der Waals surface area (Å²) < 4.78 is 13.1. The predicted molar refractivity (Wildman–Crippen MR) is 52.1 cm³/mol. The molecule has 1 unspecified atom stereocenters. The Labute approximate surface area is 86.9 Å². The third kappa shape index (κ3) is 1.75. The van der Waals surface area contributed by atoms with Crippen LogP contribution in [0.25, 0.3) is 0 Å². The Kier molecular flexibility index (Phi) is 2.72. The van der Waals surface area contributed by atoms with Crippen LogP contribution in [0.2, 0.25) is 5.02 Å². The van der Waals surface area contributed by atoms with Crippen LogP contribution in [0.1, 0.15) is 17.9 Å². The molecule has 0 saturated carbocycles.